The molecule has 1 fully saturated rings. The minimum absolute atomic E-state index is 0.0849. The molecular weight excluding hydrogens is 392 g/mol. The van der Waals surface area contributed by atoms with Gasteiger partial charge in [-0.25, -0.2) is 0 Å². The van der Waals surface area contributed by atoms with Crippen LogP contribution in [0.1, 0.15) is 56.0 Å². The number of carbonyl (C=O) groups is 2. The van der Waals surface area contributed by atoms with E-state index >= 15 is 0 Å². The van der Waals surface area contributed by atoms with Gasteiger partial charge in [0.05, 0.1) is 12.3 Å². The Labute approximate surface area is 182 Å². The Morgan fingerprint density at radius 3 is 2.58 bits per heavy atom. The first-order valence-corrected chi connectivity index (χ1v) is 11.0. The number of furan rings is 1. The van der Waals surface area contributed by atoms with Crippen LogP contribution in [0, 0.1) is 5.92 Å². The second-order valence-electron chi connectivity index (χ2n) is 7.92. The maximum Gasteiger partial charge on any atom is 0.293 e. The molecule has 0 radical (unpaired) electrons. The van der Waals surface area contributed by atoms with Gasteiger partial charge in [0.1, 0.15) is 17.0 Å². The molecule has 2 aromatic carbocycles. The van der Waals surface area contributed by atoms with Crippen molar-refractivity contribution in [3.05, 3.63) is 54.3 Å². The fourth-order valence-corrected chi connectivity index (χ4v) is 4.20. The first kappa shape index (κ1) is 21.0. The van der Waals surface area contributed by atoms with E-state index in [1.807, 2.05) is 37.3 Å². The number of hydrogen-bond acceptors (Lipinski definition) is 4. The zero-order valence-electron chi connectivity index (χ0n) is 17.8. The number of anilines is 2. The number of rotatable bonds is 8. The maximum absolute atomic E-state index is 13.1. The summed E-state index contributed by atoms with van der Waals surface area (Å²) in [4.78, 5) is 25.8. The standard InChI is InChI=1S/C25H28N2O4/c1-2-30-21-14-8-6-12-19(21)26-25(29)24-23(18-11-5-7-13-20(18)31-24)27-22(28)16-15-17-9-3-4-10-17/h5-8,11-14,17H,2-4,9-10,15-16H2,1H3,(H,26,29)(H,27,28). The van der Waals surface area contributed by atoms with Crippen molar-refractivity contribution in [2.24, 2.45) is 5.92 Å². The second kappa shape index (κ2) is 9.69. The predicted octanol–water partition coefficient (Wildman–Crippen LogP) is 5.99. The summed E-state index contributed by atoms with van der Waals surface area (Å²) in [5.74, 6) is 0.764. The third-order valence-corrected chi connectivity index (χ3v) is 5.76. The molecule has 0 unspecified atom stereocenters. The van der Waals surface area contributed by atoms with Crippen LogP contribution in [0.2, 0.25) is 0 Å². The van der Waals surface area contributed by atoms with Gasteiger partial charge in [-0.05, 0) is 43.5 Å². The molecule has 0 bridgehead atoms. The van der Waals surface area contributed by atoms with E-state index in [4.69, 9.17) is 9.15 Å². The molecule has 0 atom stereocenters. The van der Waals surface area contributed by atoms with Gasteiger partial charge < -0.3 is 19.8 Å². The van der Waals surface area contributed by atoms with E-state index in [0.717, 1.165) is 6.42 Å². The van der Waals surface area contributed by atoms with Gasteiger partial charge in [0.15, 0.2) is 0 Å². The monoisotopic (exact) mass is 420 g/mol. The smallest absolute Gasteiger partial charge is 0.293 e. The number of para-hydroxylation sites is 3. The van der Waals surface area contributed by atoms with Crippen molar-refractivity contribution < 1.29 is 18.7 Å². The Morgan fingerprint density at radius 1 is 1.03 bits per heavy atom. The number of hydrogen-bond donors (Lipinski definition) is 2. The van der Waals surface area contributed by atoms with E-state index in [0.29, 0.717) is 47.0 Å². The van der Waals surface area contributed by atoms with E-state index in [2.05, 4.69) is 10.6 Å². The molecule has 162 valence electrons. The molecule has 0 aliphatic heterocycles. The topological polar surface area (TPSA) is 80.6 Å². The Bertz CT molecular complexity index is 1070. The zero-order chi connectivity index (χ0) is 21.6. The largest absolute Gasteiger partial charge is 0.492 e. The average molecular weight is 421 g/mol. The van der Waals surface area contributed by atoms with Crippen LogP contribution in [0.15, 0.2) is 52.9 Å². The van der Waals surface area contributed by atoms with Crippen LogP contribution < -0.4 is 15.4 Å². The van der Waals surface area contributed by atoms with Gasteiger partial charge in [0.2, 0.25) is 11.7 Å². The van der Waals surface area contributed by atoms with Gasteiger partial charge in [-0.3, -0.25) is 9.59 Å². The van der Waals surface area contributed by atoms with Gasteiger partial charge in [-0.1, -0.05) is 49.9 Å². The highest BCUT2D eigenvalue weighted by atomic mass is 16.5. The fraction of sp³-hybridized carbons (Fsp3) is 0.360. The number of benzene rings is 2. The van der Waals surface area contributed by atoms with Crippen LogP contribution in [0.5, 0.6) is 5.75 Å². The third kappa shape index (κ3) is 4.90. The van der Waals surface area contributed by atoms with Crippen LogP contribution in [0.25, 0.3) is 11.0 Å². The quantitative estimate of drug-likeness (QED) is 0.469. The highest BCUT2D eigenvalue weighted by Gasteiger charge is 2.24. The van der Waals surface area contributed by atoms with Crippen LogP contribution in [-0.4, -0.2) is 18.4 Å². The lowest BCUT2D eigenvalue weighted by molar-refractivity contribution is -0.116. The average Bonchev–Trinajstić information content (AvgIpc) is 3.42. The van der Waals surface area contributed by atoms with Crippen molar-refractivity contribution in [2.75, 3.05) is 17.2 Å². The Kier molecular flexibility index (Phi) is 6.55. The molecule has 6 nitrogen and oxygen atoms in total. The Balaban J connectivity index is 1.56. The van der Waals surface area contributed by atoms with Crippen molar-refractivity contribution in [2.45, 2.75) is 45.4 Å². The normalized spacial score (nSPS) is 14.0. The maximum atomic E-state index is 13.1. The van der Waals surface area contributed by atoms with Crippen molar-refractivity contribution in [3.63, 3.8) is 0 Å². The summed E-state index contributed by atoms with van der Waals surface area (Å²) in [6.45, 7) is 2.37. The van der Waals surface area contributed by atoms with Crippen LogP contribution in [0.3, 0.4) is 0 Å². The van der Waals surface area contributed by atoms with Crippen LogP contribution >= 0.6 is 0 Å². The van der Waals surface area contributed by atoms with Crippen molar-refractivity contribution >= 4 is 34.2 Å². The summed E-state index contributed by atoms with van der Waals surface area (Å²) >= 11 is 0. The lowest BCUT2D eigenvalue weighted by Gasteiger charge is -2.12. The number of ether oxygens (including phenoxy) is 1. The van der Waals surface area contributed by atoms with E-state index in [-0.39, 0.29) is 11.7 Å². The van der Waals surface area contributed by atoms with Crippen LogP contribution in [0.4, 0.5) is 11.4 Å². The molecular formula is C25H28N2O4. The number of carbonyl (C=O) groups excluding carboxylic acids is 2. The molecule has 6 heteroatoms. The Morgan fingerprint density at radius 2 is 1.77 bits per heavy atom. The Hall–Kier alpha value is -3.28. The number of fused-ring (bicyclic) bond motifs is 1. The molecule has 1 heterocycles. The summed E-state index contributed by atoms with van der Waals surface area (Å²) in [6, 6.07) is 14.6. The lowest BCUT2D eigenvalue weighted by Crippen LogP contribution is -2.18. The molecule has 2 N–H and O–H groups in total. The fourth-order valence-electron chi connectivity index (χ4n) is 4.20. The highest BCUT2D eigenvalue weighted by molar-refractivity contribution is 6.14. The van der Waals surface area contributed by atoms with Gasteiger partial charge in [0, 0.05) is 11.8 Å². The third-order valence-electron chi connectivity index (χ3n) is 5.76. The molecule has 3 aromatic rings. The van der Waals surface area contributed by atoms with Gasteiger partial charge >= 0.3 is 0 Å². The second-order valence-corrected chi connectivity index (χ2v) is 7.92. The highest BCUT2D eigenvalue weighted by Crippen LogP contribution is 2.33. The summed E-state index contributed by atoms with van der Waals surface area (Å²) in [7, 11) is 0. The van der Waals surface area contributed by atoms with E-state index < -0.39 is 5.91 Å². The molecule has 1 aromatic heterocycles. The van der Waals surface area contributed by atoms with E-state index in [1.54, 1.807) is 18.2 Å². The molecule has 31 heavy (non-hydrogen) atoms. The number of amides is 2. The van der Waals surface area contributed by atoms with E-state index in [1.165, 1.54) is 25.7 Å². The van der Waals surface area contributed by atoms with Crippen LogP contribution in [-0.2, 0) is 4.79 Å². The van der Waals surface area contributed by atoms with Crippen molar-refractivity contribution in [1.29, 1.82) is 0 Å². The van der Waals surface area contributed by atoms with E-state index in [9.17, 15) is 9.59 Å². The van der Waals surface area contributed by atoms with Crippen molar-refractivity contribution in [3.8, 4) is 5.75 Å². The van der Waals surface area contributed by atoms with Gasteiger partial charge in [0.25, 0.3) is 5.91 Å². The minimum atomic E-state index is -0.436. The summed E-state index contributed by atoms with van der Waals surface area (Å²) in [6.07, 6.45) is 6.24. The molecule has 1 aliphatic carbocycles. The molecule has 4 rings (SSSR count). The molecule has 0 spiro atoms. The first-order chi connectivity index (χ1) is 15.2. The minimum Gasteiger partial charge on any atom is -0.492 e. The zero-order valence-corrected chi connectivity index (χ0v) is 17.8. The molecule has 0 saturated heterocycles. The number of nitrogens with one attached hydrogen (secondary N) is 2. The van der Waals surface area contributed by atoms with Crippen molar-refractivity contribution in [1.82, 2.24) is 0 Å². The summed E-state index contributed by atoms with van der Waals surface area (Å²) in [5, 5.41) is 6.50. The lowest BCUT2D eigenvalue weighted by atomic mass is 10.0. The summed E-state index contributed by atoms with van der Waals surface area (Å²) < 4.78 is 11.4. The van der Waals surface area contributed by atoms with Gasteiger partial charge in [-0.15, -0.1) is 0 Å². The summed E-state index contributed by atoms with van der Waals surface area (Å²) in [5.41, 5.74) is 1.52. The SMILES string of the molecule is CCOc1ccccc1NC(=O)c1oc2ccccc2c1NC(=O)CCC1CCCC1. The molecule has 1 aliphatic rings. The van der Waals surface area contributed by atoms with Gasteiger partial charge in [-0.2, -0.15) is 0 Å². The predicted molar refractivity (Wildman–Crippen MR) is 122 cm³/mol. The first-order valence-electron chi connectivity index (χ1n) is 11.0. The molecule has 1 saturated carbocycles. The molecule has 2 amide bonds.